The Hall–Kier alpha value is -2.29. The third-order valence-electron chi connectivity index (χ3n) is 3.57. The van der Waals surface area contributed by atoms with E-state index in [9.17, 15) is 13.2 Å². The van der Waals surface area contributed by atoms with Gasteiger partial charge in [0.15, 0.2) is 15.9 Å². The average Bonchev–Trinajstić information content (AvgIpc) is 3.10. The number of nitrogens with zero attached hydrogens (tertiary/aromatic N) is 4. The molecule has 1 N–H and O–H groups in total. The van der Waals surface area contributed by atoms with Gasteiger partial charge >= 0.3 is 0 Å². The molecule has 22 heavy (non-hydrogen) atoms. The second-order valence-corrected chi connectivity index (χ2v) is 7.44. The first-order valence-corrected chi connectivity index (χ1v) is 8.65. The smallest absolute Gasteiger partial charge is 0.249 e. The summed E-state index contributed by atoms with van der Waals surface area (Å²) in [7, 11) is -3.05. The maximum atomic E-state index is 12.6. The fourth-order valence-corrected chi connectivity index (χ4v) is 4.21. The van der Waals surface area contributed by atoms with Gasteiger partial charge in [-0.25, -0.2) is 13.1 Å². The van der Waals surface area contributed by atoms with Crippen LogP contribution in [0.4, 0.5) is 0 Å². The second-order valence-electron chi connectivity index (χ2n) is 5.21. The molecule has 0 aliphatic carbocycles. The lowest BCUT2D eigenvalue weighted by Gasteiger charge is -2.19. The van der Waals surface area contributed by atoms with Crippen LogP contribution in [0.1, 0.15) is 18.0 Å². The summed E-state index contributed by atoms with van der Waals surface area (Å²) in [5, 5.41) is 13.7. The van der Waals surface area contributed by atoms with E-state index < -0.39 is 15.9 Å². The van der Waals surface area contributed by atoms with E-state index >= 15 is 0 Å². The minimum Gasteiger partial charge on any atom is -0.350 e. The molecule has 1 aliphatic rings. The first-order chi connectivity index (χ1) is 10.6. The second kappa shape index (κ2) is 5.84. The van der Waals surface area contributed by atoms with Crippen molar-refractivity contribution < 1.29 is 13.2 Å². The van der Waals surface area contributed by atoms with Crippen molar-refractivity contribution in [3.05, 3.63) is 42.2 Å². The molecule has 0 radical (unpaired) electrons. The van der Waals surface area contributed by atoms with Crippen molar-refractivity contribution in [1.29, 1.82) is 0 Å². The van der Waals surface area contributed by atoms with Crippen LogP contribution < -0.4 is 5.32 Å². The molecule has 3 rings (SSSR count). The van der Waals surface area contributed by atoms with Crippen molar-refractivity contribution in [2.45, 2.75) is 18.5 Å². The molecule has 0 saturated carbocycles. The normalized spacial score (nSPS) is 21.4. The summed E-state index contributed by atoms with van der Waals surface area (Å²) in [6.45, 7) is 0. The number of carbonyl (C=O) groups excluding carboxylic acids is 1. The largest absolute Gasteiger partial charge is 0.350 e. The third kappa shape index (κ3) is 3.14. The Morgan fingerprint density at radius 3 is 2.68 bits per heavy atom. The maximum absolute atomic E-state index is 12.6. The van der Waals surface area contributed by atoms with E-state index in [0.717, 1.165) is 5.56 Å². The lowest BCUT2D eigenvalue weighted by Crippen LogP contribution is -2.41. The standard InChI is InChI=1S/C13H15N5O3S/c19-13(15-11-6-7-22(20,21)8-11)12(18-9-14-16-17-18)10-4-2-1-3-5-10/h1-5,9,11-12H,6-8H2,(H,15,19)/t11-,12-/m1/s1. The number of carbonyl (C=O) groups is 1. The van der Waals surface area contributed by atoms with Crippen molar-refractivity contribution in [2.24, 2.45) is 0 Å². The van der Waals surface area contributed by atoms with Crippen LogP contribution in [-0.4, -0.2) is 52.1 Å². The van der Waals surface area contributed by atoms with E-state index in [1.54, 1.807) is 12.1 Å². The Morgan fingerprint density at radius 2 is 2.09 bits per heavy atom. The molecule has 1 saturated heterocycles. The zero-order chi connectivity index (χ0) is 15.6. The molecule has 0 spiro atoms. The highest BCUT2D eigenvalue weighted by atomic mass is 32.2. The summed E-state index contributed by atoms with van der Waals surface area (Å²) in [6, 6.07) is 8.01. The first kappa shape index (κ1) is 14.6. The Bertz CT molecular complexity index is 745. The Balaban J connectivity index is 1.82. The molecular formula is C13H15N5O3S. The first-order valence-electron chi connectivity index (χ1n) is 6.83. The molecule has 1 aliphatic heterocycles. The highest BCUT2D eigenvalue weighted by Gasteiger charge is 2.32. The fourth-order valence-electron chi connectivity index (χ4n) is 2.54. The molecule has 116 valence electrons. The predicted octanol–water partition coefficient (Wildman–Crippen LogP) is -0.434. The molecule has 2 heterocycles. The van der Waals surface area contributed by atoms with E-state index in [0.29, 0.717) is 6.42 Å². The van der Waals surface area contributed by atoms with Crippen LogP contribution in [0.2, 0.25) is 0 Å². The minimum absolute atomic E-state index is 0.0180. The van der Waals surface area contributed by atoms with Crippen molar-refractivity contribution in [3.63, 3.8) is 0 Å². The van der Waals surface area contributed by atoms with E-state index in [-0.39, 0.29) is 23.5 Å². The molecule has 8 nitrogen and oxygen atoms in total. The summed E-state index contributed by atoms with van der Waals surface area (Å²) >= 11 is 0. The van der Waals surface area contributed by atoms with Crippen molar-refractivity contribution in [1.82, 2.24) is 25.5 Å². The Morgan fingerprint density at radius 1 is 1.32 bits per heavy atom. The molecule has 1 fully saturated rings. The lowest BCUT2D eigenvalue weighted by molar-refractivity contribution is -0.124. The van der Waals surface area contributed by atoms with Crippen molar-refractivity contribution in [2.75, 3.05) is 11.5 Å². The van der Waals surface area contributed by atoms with Crippen molar-refractivity contribution >= 4 is 15.7 Å². The maximum Gasteiger partial charge on any atom is 0.249 e. The average molecular weight is 321 g/mol. The van der Waals surface area contributed by atoms with Gasteiger partial charge in [0.1, 0.15) is 6.33 Å². The van der Waals surface area contributed by atoms with Crippen LogP contribution in [0.15, 0.2) is 36.7 Å². The van der Waals surface area contributed by atoms with Crippen LogP contribution in [0.3, 0.4) is 0 Å². The van der Waals surface area contributed by atoms with Gasteiger partial charge in [-0.05, 0) is 22.4 Å². The van der Waals surface area contributed by atoms with E-state index in [1.165, 1.54) is 11.0 Å². The topological polar surface area (TPSA) is 107 Å². The lowest BCUT2D eigenvalue weighted by atomic mass is 10.1. The fraction of sp³-hybridized carbons (Fsp3) is 0.385. The van der Waals surface area contributed by atoms with Gasteiger partial charge in [0.05, 0.1) is 11.5 Å². The zero-order valence-corrected chi connectivity index (χ0v) is 12.5. The number of rotatable bonds is 4. The highest BCUT2D eigenvalue weighted by molar-refractivity contribution is 7.91. The van der Waals surface area contributed by atoms with E-state index in [1.807, 2.05) is 18.2 Å². The number of nitrogens with one attached hydrogen (secondary N) is 1. The number of aromatic nitrogens is 4. The number of amides is 1. The molecule has 9 heteroatoms. The van der Waals surface area contributed by atoms with Crippen LogP contribution in [0.25, 0.3) is 0 Å². The number of sulfone groups is 1. The Labute approximate surface area is 127 Å². The Kier molecular flexibility index (Phi) is 3.88. The summed E-state index contributed by atoms with van der Waals surface area (Å²) in [4.78, 5) is 12.6. The monoisotopic (exact) mass is 321 g/mol. The molecule has 2 atom stereocenters. The van der Waals surface area contributed by atoms with Crippen LogP contribution in [0, 0.1) is 0 Å². The van der Waals surface area contributed by atoms with Gasteiger partial charge in [0, 0.05) is 6.04 Å². The van der Waals surface area contributed by atoms with Gasteiger partial charge < -0.3 is 5.32 Å². The number of benzene rings is 1. The number of hydrogen-bond donors (Lipinski definition) is 1. The highest BCUT2D eigenvalue weighted by Crippen LogP contribution is 2.19. The van der Waals surface area contributed by atoms with Gasteiger partial charge in [-0.15, -0.1) is 5.10 Å². The quantitative estimate of drug-likeness (QED) is 0.818. The summed E-state index contributed by atoms with van der Waals surface area (Å²) in [5.41, 5.74) is 0.730. The summed E-state index contributed by atoms with van der Waals surface area (Å²) < 4.78 is 24.4. The van der Waals surface area contributed by atoms with Gasteiger partial charge in [-0.1, -0.05) is 30.3 Å². The number of tetrazole rings is 1. The molecule has 0 bridgehead atoms. The summed E-state index contributed by atoms with van der Waals surface area (Å²) in [5.74, 6) is -0.227. The summed E-state index contributed by atoms with van der Waals surface area (Å²) in [6.07, 6.45) is 1.80. The van der Waals surface area contributed by atoms with Crippen LogP contribution in [-0.2, 0) is 14.6 Å². The van der Waals surface area contributed by atoms with Gasteiger partial charge in [-0.2, -0.15) is 0 Å². The van der Waals surface area contributed by atoms with Gasteiger partial charge in [0.25, 0.3) is 0 Å². The van der Waals surface area contributed by atoms with E-state index in [4.69, 9.17) is 0 Å². The molecule has 1 aromatic carbocycles. The molecular weight excluding hydrogens is 306 g/mol. The third-order valence-corrected chi connectivity index (χ3v) is 5.34. The molecule has 1 amide bonds. The number of hydrogen-bond acceptors (Lipinski definition) is 6. The minimum atomic E-state index is -3.05. The molecule has 1 aromatic heterocycles. The van der Waals surface area contributed by atoms with Crippen LogP contribution in [0.5, 0.6) is 0 Å². The predicted molar refractivity (Wildman–Crippen MR) is 77.6 cm³/mol. The van der Waals surface area contributed by atoms with Crippen molar-refractivity contribution in [3.8, 4) is 0 Å². The molecule has 0 unspecified atom stereocenters. The van der Waals surface area contributed by atoms with Gasteiger partial charge in [-0.3, -0.25) is 4.79 Å². The van der Waals surface area contributed by atoms with Gasteiger partial charge in [0.2, 0.25) is 5.91 Å². The molecule has 2 aromatic rings. The van der Waals surface area contributed by atoms with E-state index in [2.05, 4.69) is 20.8 Å². The van der Waals surface area contributed by atoms with Crippen LogP contribution >= 0.6 is 0 Å². The zero-order valence-electron chi connectivity index (χ0n) is 11.7. The SMILES string of the molecule is O=C(N[C@@H]1CCS(=O)(=O)C1)[C@@H](c1ccccc1)n1cnnn1.